The Balaban J connectivity index is 1.80. The van der Waals surface area contributed by atoms with Crippen molar-refractivity contribution in [1.82, 2.24) is 4.90 Å². The molecule has 0 radical (unpaired) electrons. The SMILES string of the molecule is O=C(Nc1cc(C(F)(F)F)cc(C(F)(F)F)c1)c1cccc(CN2CCOCC2)c1. The molecule has 1 amide bonds. The van der Waals surface area contributed by atoms with Gasteiger partial charge in [0.1, 0.15) is 0 Å². The summed E-state index contributed by atoms with van der Waals surface area (Å²) < 4.78 is 83.1. The summed E-state index contributed by atoms with van der Waals surface area (Å²) in [7, 11) is 0. The van der Waals surface area contributed by atoms with E-state index in [0.717, 1.165) is 18.7 Å². The number of carbonyl (C=O) groups excluding carboxylic acids is 1. The van der Waals surface area contributed by atoms with E-state index in [-0.39, 0.29) is 11.6 Å². The maximum absolute atomic E-state index is 13.0. The lowest BCUT2D eigenvalue weighted by atomic mass is 10.1. The predicted molar refractivity (Wildman–Crippen MR) is 96.9 cm³/mol. The Hall–Kier alpha value is -2.59. The van der Waals surface area contributed by atoms with Crippen LogP contribution in [0, 0.1) is 0 Å². The number of nitrogens with zero attached hydrogens (tertiary/aromatic N) is 1. The number of anilines is 1. The molecule has 0 spiro atoms. The summed E-state index contributed by atoms with van der Waals surface area (Å²) in [5.74, 6) is -0.800. The smallest absolute Gasteiger partial charge is 0.379 e. The van der Waals surface area contributed by atoms with E-state index >= 15 is 0 Å². The molecule has 3 rings (SSSR count). The van der Waals surface area contributed by atoms with E-state index in [1.54, 1.807) is 18.2 Å². The first-order valence-corrected chi connectivity index (χ1v) is 9.02. The Morgan fingerprint density at radius 3 is 2.10 bits per heavy atom. The molecule has 4 nitrogen and oxygen atoms in total. The lowest BCUT2D eigenvalue weighted by Crippen LogP contribution is -2.35. The predicted octanol–water partition coefficient (Wildman–Crippen LogP) is 4.81. The molecular weight excluding hydrogens is 414 g/mol. The van der Waals surface area contributed by atoms with Crippen LogP contribution in [0.3, 0.4) is 0 Å². The highest BCUT2D eigenvalue weighted by molar-refractivity contribution is 6.04. The monoisotopic (exact) mass is 432 g/mol. The maximum Gasteiger partial charge on any atom is 0.416 e. The number of rotatable bonds is 4. The second kappa shape index (κ2) is 8.65. The summed E-state index contributed by atoms with van der Waals surface area (Å²) in [5.41, 5.74) is -2.64. The Morgan fingerprint density at radius 1 is 0.933 bits per heavy atom. The van der Waals surface area contributed by atoms with Crippen LogP contribution in [0.1, 0.15) is 27.0 Å². The van der Waals surface area contributed by atoms with Crippen LogP contribution >= 0.6 is 0 Å². The molecule has 1 aliphatic rings. The van der Waals surface area contributed by atoms with Crippen molar-refractivity contribution < 1.29 is 35.9 Å². The molecule has 1 fully saturated rings. The van der Waals surface area contributed by atoms with Crippen LogP contribution in [0.5, 0.6) is 0 Å². The molecule has 10 heteroatoms. The average molecular weight is 432 g/mol. The number of ether oxygens (including phenoxy) is 1. The van der Waals surface area contributed by atoms with Crippen LogP contribution in [0.4, 0.5) is 32.0 Å². The molecule has 0 saturated carbocycles. The third-order valence-electron chi connectivity index (χ3n) is 4.54. The fourth-order valence-corrected chi connectivity index (χ4v) is 3.06. The van der Waals surface area contributed by atoms with Gasteiger partial charge in [-0.25, -0.2) is 0 Å². The van der Waals surface area contributed by atoms with Crippen molar-refractivity contribution in [1.29, 1.82) is 0 Å². The number of halogens is 6. The van der Waals surface area contributed by atoms with Gasteiger partial charge in [0.15, 0.2) is 0 Å². The first-order valence-electron chi connectivity index (χ1n) is 9.02. The van der Waals surface area contributed by atoms with E-state index in [0.29, 0.717) is 31.9 Å². The van der Waals surface area contributed by atoms with Gasteiger partial charge < -0.3 is 10.1 Å². The van der Waals surface area contributed by atoms with Crippen LogP contribution in [-0.2, 0) is 23.6 Å². The van der Waals surface area contributed by atoms with Crippen LogP contribution in [0.2, 0.25) is 0 Å². The van der Waals surface area contributed by atoms with Gasteiger partial charge in [-0.05, 0) is 35.9 Å². The van der Waals surface area contributed by atoms with Gasteiger partial charge in [-0.2, -0.15) is 26.3 Å². The van der Waals surface area contributed by atoms with Crippen molar-refractivity contribution in [2.24, 2.45) is 0 Å². The first kappa shape index (κ1) is 22.1. The van der Waals surface area contributed by atoms with E-state index in [1.807, 2.05) is 0 Å². The van der Waals surface area contributed by atoms with Crippen LogP contribution in [0.15, 0.2) is 42.5 Å². The number of amides is 1. The summed E-state index contributed by atoms with van der Waals surface area (Å²) in [6, 6.07) is 7.36. The maximum atomic E-state index is 13.0. The second-order valence-electron chi connectivity index (χ2n) is 6.84. The summed E-state index contributed by atoms with van der Waals surface area (Å²) in [6.45, 7) is 3.18. The molecule has 30 heavy (non-hydrogen) atoms. The van der Waals surface area contributed by atoms with E-state index in [2.05, 4.69) is 10.2 Å². The molecule has 0 atom stereocenters. The zero-order valence-corrected chi connectivity index (χ0v) is 15.6. The van der Waals surface area contributed by atoms with Gasteiger partial charge in [0.25, 0.3) is 5.91 Å². The zero-order valence-electron chi connectivity index (χ0n) is 15.6. The molecule has 0 bridgehead atoms. The molecule has 0 unspecified atom stereocenters. The molecule has 1 saturated heterocycles. The van der Waals surface area contributed by atoms with Crippen molar-refractivity contribution in [3.8, 4) is 0 Å². The topological polar surface area (TPSA) is 41.6 Å². The van der Waals surface area contributed by atoms with Gasteiger partial charge in [0.05, 0.1) is 24.3 Å². The van der Waals surface area contributed by atoms with Crippen LogP contribution < -0.4 is 5.32 Å². The van der Waals surface area contributed by atoms with Gasteiger partial charge in [0, 0.05) is 30.9 Å². The summed E-state index contributed by atoms with van der Waals surface area (Å²) in [6.07, 6.45) is -9.97. The molecular formula is C20H18F6N2O2. The molecule has 0 aromatic heterocycles. The fraction of sp³-hybridized carbons (Fsp3) is 0.350. The molecule has 2 aromatic carbocycles. The number of hydrogen-bond acceptors (Lipinski definition) is 3. The highest BCUT2D eigenvalue weighted by Crippen LogP contribution is 2.37. The van der Waals surface area contributed by atoms with Crippen LogP contribution in [0.25, 0.3) is 0 Å². The highest BCUT2D eigenvalue weighted by atomic mass is 19.4. The van der Waals surface area contributed by atoms with Gasteiger partial charge in [-0.15, -0.1) is 0 Å². The molecule has 0 aliphatic carbocycles. The number of carbonyl (C=O) groups is 1. The van der Waals surface area contributed by atoms with Crippen molar-refractivity contribution in [2.45, 2.75) is 18.9 Å². The summed E-state index contributed by atoms with van der Waals surface area (Å²) in [5, 5.41) is 2.14. The second-order valence-corrected chi connectivity index (χ2v) is 6.84. The van der Waals surface area contributed by atoms with Crippen molar-refractivity contribution in [3.05, 3.63) is 64.7 Å². The highest BCUT2D eigenvalue weighted by Gasteiger charge is 2.37. The Kier molecular flexibility index (Phi) is 6.37. The summed E-state index contributed by atoms with van der Waals surface area (Å²) in [4.78, 5) is 14.6. The minimum atomic E-state index is -4.99. The molecule has 1 aliphatic heterocycles. The lowest BCUT2D eigenvalue weighted by molar-refractivity contribution is -0.143. The van der Waals surface area contributed by atoms with Gasteiger partial charge in [0.2, 0.25) is 0 Å². The van der Waals surface area contributed by atoms with Gasteiger partial charge in [-0.1, -0.05) is 12.1 Å². The van der Waals surface area contributed by atoms with Crippen LogP contribution in [-0.4, -0.2) is 37.1 Å². The van der Waals surface area contributed by atoms with Gasteiger partial charge >= 0.3 is 12.4 Å². The minimum absolute atomic E-state index is 0.0125. The Bertz CT molecular complexity index is 873. The first-order chi connectivity index (χ1) is 14.0. The van der Waals surface area contributed by atoms with Crippen molar-refractivity contribution in [2.75, 3.05) is 31.6 Å². The number of benzene rings is 2. The van der Waals surface area contributed by atoms with E-state index in [1.165, 1.54) is 6.07 Å². The largest absolute Gasteiger partial charge is 0.416 e. The average Bonchev–Trinajstić information content (AvgIpc) is 2.67. The standard InChI is InChI=1S/C20H18F6N2O2/c21-19(22,23)15-9-16(20(24,25)26)11-17(10-15)27-18(29)14-3-1-2-13(8-14)12-28-4-6-30-7-5-28/h1-3,8-11H,4-7,12H2,(H,27,29). The van der Waals surface area contributed by atoms with E-state index in [9.17, 15) is 31.1 Å². The molecule has 1 heterocycles. The van der Waals surface area contributed by atoms with E-state index in [4.69, 9.17) is 4.74 Å². The van der Waals surface area contributed by atoms with Crippen molar-refractivity contribution in [3.63, 3.8) is 0 Å². The van der Waals surface area contributed by atoms with Crippen molar-refractivity contribution >= 4 is 11.6 Å². The molecule has 2 aromatic rings. The number of morpholine rings is 1. The summed E-state index contributed by atoms with van der Waals surface area (Å²) >= 11 is 0. The van der Waals surface area contributed by atoms with E-state index < -0.39 is 35.1 Å². The zero-order chi connectivity index (χ0) is 21.9. The normalized spacial score (nSPS) is 15.8. The third kappa shape index (κ3) is 5.73. The number of hydrogen-bond donors (Lipinski definition) is 1. The number of nitrogens with one attached hydrogen (secondary N) is 1. The molecule has 1 N–H and O–H groups in total. The van der Waals surface area contributed by atoms with Gasteiger partial charge in [-0.3, -0.25) is 9.69 Å². The number of alkyl halides is 6. The Morgan fingerprint density at radius 2 is 1.53 bits per heavy atom. The Labute approximate surface area is 168 Å². The fourth-order valence-electron chi connectivity index (χ4n) is 3.06. The third-order valence-corrected chi connectivity index (χ3v) is 4.54. The molecule has 162 valence electrons. The minimum Gasteiger partial charge on any atom is -0.379 e. The lowest BCUT2D eigenvalue weighted by Gasteiger charge is -2.26. The quantitative estimate of drug-likeness (QED) is 0.706.